The first-order valence-corrected chi connectivity index (χ1v) is 6.78. The van der Waals surface area contributed by atoms with Crippen LogP contribution in [0.3, 0.4) is 0 Å². The van der Waals surface area contributed by atoms with E-state index < -0.39 is 17.5 Å². The van der Waals surface area contributed by atoms with Crippen molar-refractivity contribution in [3.05, 3.63) is 62.5 Å². The summed E-state index contributed by atoms with van der Waals surface area (Å²) >= 11 is 6.18. The molecule has 98 valence electrons. The third kappa shape index (κ3) is 3.19. The average molecular weight is 391 g/mol. The highest BCUT2D eigenvalue weighted by atomic mass is 79.9. The zero-order valence-corrected chi connectivity index (χ0v) is 12.6. The fourth-order valence-electron chi connectivity index (χ4n) is 1.46. The van der Waals surface area contributed by atoms with Gasteiger partial charge in [-0.1, -0.05) is 6.07 Å². The Balaban J connectivity index is 2.31. The molecular formula is C13H7Br2F2NO. The summed E-state index contributed by atoms with van der Waals surface area (Å²) in [4.78, 5) is 11.9. The van der Waals surface area contributed by atoms with Crippen molar-refractivity contribution in [3.63, 3.8) is 0 Å². The Labute approximate surface area is 125 Å². The first kappa shape index (κ1) is 14.1. The lowest BCUT2D eigenvalue weighted by Crippen LogP contribution is -2.14. The Kier molecular flexibility index (Phi) is 4.31. The number of carbonyl (C=O) groups excluding carboxylic acids is 1. The number of hydrogen-bond acceptors (Lipinski definition) is 1. The van der Waals surface area contributed by atoms with Crippen molar-refractivity contribution in [1.82, 2.24) is 0 Å². The Morgan fingerprint density at radius 1 is 1.05 bits per heavy atom. The highest BCUT2D eigenvalue weighted by Crippen LogP contribution is 2.25. The zero-order chi connectivity index (χ0) is 14.0. The molecule has 0 radical (unpaired) electrons. The van der Waals surface area contributed by atoms with Crippen molar-refractivity contribution < 1.29 is 13.6 Å². The lowest BCUT2D eigenvalue weighted by Gasteiger charge is -2.08. The maximum Gasteiger partial charge on any atom is 0.258 e. The van der Waals surface area contributed by atoms with Crippen molar-refractivity contribution in [2.75, 3.05) is 5.32 Å². The minimum absolute atomic E-state index is 0.120. The molecule has 0 fully saturated rings. The van der Waals surface area contributed by atoms with Crippen LogP contribution in [-0.2, 0) is 0 Å². The van der Waals surface area contributed by atoms with Crippen LogP contribution < -0.4 is 5.32 Å². The van der Waals surface area contributed by atoms with Crippen LogP contribution in [0.5, 0.6) is 0 Å². The van der Waals surface area contributed by atoms with E-state index in [1.165, 1.54) is 24.3 Å². The van der Waals surface area contributed by atoms with Crippen LogP contribution in [0, 0.1) is 11.6 Å². The summed E-state index contributed by atoms with van der Waals surface area (Å²) in [6.07, 6.45) is 0. The maximum atomic E-state index is 13.7. The number of amides is 1. The Morgan fingerprint density at radius 2 is 1.79 bits per heavy atom. The number of carbonyl (C=O) groups is 1. The third-order valence-electron chi connectivity index (χ3n) is 2.37. The van der Waals surface area contributed by atoms with E-state index >= 15 is 0 Å². The molecule has 0 aliphatic heterocycles. The molecule has 0 saturated heterocycles. The third-order valence-corrected chi connectivity index (χ3v) is 3.68. The molecule has 0 spiro atoms. The normalized spacial score (nSPS) is 10.3. The van der Waals surface area contributed by atoms with Crippen molar-refractivity contribution in [2.45, 2.75) is 0 Å². The molecule has 2 aromatic carbocycles. The Hall–Kier alpha value is -1.27. The van der Waals surface area contributed by atoms with E-state index in [9.17, 15) is 13.6 Å². The smallest absolute Gasteiger partial charge is 0.258 e. The molecule has 2 rings (SSSR count). The van der Waals surface area contributed by atoms with Gasteiger partial charge in [0.1, 0.15) is 11.6 Å². The second-order valence-corrected chi connectivity index (χ2v) is 5.39. The van der Waals surface area contributed by atoms with E-state index in [4.69, 9.17) is 0 Å². The van der Waals surface area contributed by atoms with Crippen LogP contribution in [0.1, 0.15) is 10.4 Å². The first-order valence-electron chi connectivity index (χ1n) is 5.19. The molecule has 6 heteroatoms. The molecular weight excluding hydrogens is 384 g/mol. The van der Waals surface area contributed by atoms with E-state index in [-0.39, 0.29) is 15.7 Å². The summed E-state index contributed by atoms with van der Waals surface area (Å²) in [6.45, 7) is 0. The lowest BCUT2D eigenvalue weighted by atomic mass is 10.2. The standard InChI is InChI=1S/C13H7Br2F2NO/c14-9-5-4-7(16)6-11(9)18-13(19)8-2-1-3-10(15)12(8)17/h1-6H,(H,18,19). The largest absolute Gasteiger partial charge is 0.321 e. The molecule has 0 atom stereocenters. The zero-order valence-electron chi connectivity index (χ0n) is 9.38. The monoisotopic (exact) mass is 389 g/mol. The van der Waals surface area contributed by atoms with Crippen molar-refractivity contribution in [2.24, 2.45) is 0 Å². The van der Waals surface area contributed by atoms with Gasteiger partial charge in [0.2, 0.25) is 0 Å². The van der Waals surface area contributed by atoms with Gasteiger partial charge in [-0.25, -0.2) is 8.78 Å². The highest BCUT2D eigenvalue weighted by Gasteiger charge is 2.15. The van der Waals surface area contributed by atoms with Crippen LogP contribution in [0.15, 0.2) is 45.3 Å². The van der Waals surface area contributed by atoms with Crippen LogP contribution in [0.25, 0.3) is 0 Å². The first-order chi connectivity index (χ1) is 8.99. The fraction of sp³-hybridized carbons (Fsp3) is 0. The Bertz CT molecular complexity index is 647. The molecule has 0 unspecified atom stereocenters. The van der Waals surface area contributed by atoms with E-state index in [0.29, 0.717) is 4.47 Å². The second kappa shape index (κ2) is 5.79. The molecule has 0 aliphatic carbocycles. The van der Waals surface area contributed by atoms with Gasteiger partial charge in [0.05, 0.1) is 15.7 Å². The molecule has 0 saturated carbocycles. The summed E-state index contributed by atoms with van der Waals surface area (Å²) in [6, 6.07) is 8.25. The van der Waals surface area contributed by atoms with Gasteiger partial charge < -0.3 is 5.32 Å². The van der Waals surface area contributed by atoms with Gasteiger partial charge in [-0.3, -0.25) is 4.79 Å². The number of hydrogen-bond donors (Lipinski definition) is 1. The molecule has 0 bridgehead atoms. The SMILES string of the molecule is O=C(Nc1cc(F)ccc1Br)c1cccc(Br)c1F. The number of nitrogens with one attached hydrogen (secondary N) is 1. The summed E-state index contributed by atoms with van der Waals surface area (Å²) < 4.78 is 27.5. The van der Waals surface area contributed by atoms with Crippen LogP contribution >= 0.6 is 31.9 Å². The van der Waals surface area contributed by atoms with E-state index in [2.05, 4.69) is 37.2 Å². The summed E-state index contributed by atoms with van der Waals surface area (Å²) in [7, 11) is 0. The average Bonchev–Trinajstić information content (AvgIpc) is 2.37. The lowest BCUT2D eigenvalue weighted by molar-refractivity contribution is 0.102. The number of halogens is 4. The predicted molar refractivity (Wildman–Crippen MR) is 76.2 cm³/mol. The summed E-state index contributed by atoms with van der Waals surface area (Å²) in [5.41, 5.74) is 0.120. The quantitative estimate of drug-likeness (QED) is 0.788. The minimum atomic E-state index is -0.660. The van der Waals surface area contributed by atoms with Crippen LogP contribution in [0.2, 0.25) is 0 Å². The van der Waals surface area contributed by atoms with Crippen LogP contribution in [-0.4, -0.2) is 5.91 Å². The van der Waals surface area contributed by atoms with Gasteiger partial charge in [0.25, 0.3) is 5.91 Å². The van der Waals surface area contributed by atoms with E-state index in [0.717, 1.165) is 6.07 Å². The van der Waals surface area contributed by atoms with Gasteiger partial charge in [-0.15, -0.1) is 0 Å². The molecule has 1 amide bonds. The molecule has 0 heterocycles. The molecule has 19 heavy (non-hydrogen) atoms. The van der Waals surface area contributed by atoms with Crippen molar-refractivity contribution >= 4 is 43.5 Å². The molecule has 1 N–H and O–H groups in total. The van der Waals surface area contributed by atoms with E-state index in [1.807, 2.05) is 0 Å². The van der Waals surface area contributed by atoms with Gasteiger partial charge in [-0.2, -0.15) is 0 Å². The molecule has 2 aromatic rings. The van der Waals surface area contributed by atoms with Gasteiger partial charge in [0.15, 0.2) is 0 Å². The topological polar surface area (TPSA) is 29.1 Å². The molecule has 2 nitrogen and oxygen atoms in total. The number of anilines is 1. The summed E-state index contributed by atoms with van der Waals surface area (Å²) in [5, 5.41) is 2.45. The molecule has 0 aromatic heterocycles. The number of rotatable bonds is 2. The Morgan fingerprint density at radius 3 is 2.53 bits per heavy atom. The maximum absolute atomic E-state index is 13.7. The number of benzene rings is 2. The van der Waals surface area contributed by atoms with Gasteiger partial charge >= 0.3 is 0 Å². The van der Waals surface area contributed by atoms with Crippen LogP contribution in [0.4, 0.5) is 14.5 Å². The second-order valence-electron chi connectivity index (χ2n) is 3.68. The van der Waals surface area contributed by atoms with Crippen molar-refractivity contribution in [1.29, 1.82) is 0 Å². The fourth-order valence-corrected chi connectivity index (χ4v) is 2.17. The van der Waals surface area contributed by atoms with E-state index in [1.54, 1.807) is 6.07 Å². The summed E-state index contributed by atoms with van der Waals surface area (Å²) in [5.74, 6) is -1.80. The van der Waals surface area contributed by atoms with Gasteiger partial charge in [-0.05, 0) is 62.2 Å². The molecule has 0 aliphatic rings. The van der Waals surface area contributed by atoms with Gasteiger partial charge in [0, 0.05) is 4.47 Å². The highest BCUT2D eigenvalue weighted by molar-refractivity contribution is 9.10. The predicted octanol–water partition coefficient (Wildman–Crippen LogP) is 4.74. The van der Waals surface area contributed by atoms with Crippen molar-refractivity contribution in [3.8, 4) is 0 Å². The minimum Gasteiger partial charge on any atom is -0.321 e.